The van der Waals surface area contributed by atoms with Crippen molar-refractivity contribution in [2.45, 2.75) is 32.9 Å². The zero-order valence-electron chi connectivity index (χ0n) is 10.1. The van der Waals surface area contributed by atoms with Crippen LogP contribution in [0.4, 0.5) is 0 Å². The number of aryl methyl sites for hydroxylation is 1. The number of hydrogen-bond acceptors (Lipinski definition) is 3. The van der Waals surface area contributed by atoms with Crippen LogP contribution < -0.4 is 5.32 Å². The molecule has 2 heterocycles. The van der Waals surface area contributed by atoms with Crippen molar-refractivity contribution in [3.05, 3.63) is 29.6 Å². The van der Waals surface area contributed by atoms with E-state index in [2.05, 4.69) is 30.2 Å². The second-order valence-electron chi connectivity index (χ2n) is 4.56. The maximum atomic E-state index is 5.54. The molecule has 0 amide bonds. The minimum Gasteiger partial charge on any atom is -0.378 e. The zero-order valence-corrected chi connectivity index (χ0v) is 10.1. The van der Waals surface area contributed by atoms with Crippen molar-refractivity contribution in [1.29, 1.82) is 0 Å². The zero-order chi connectivity index (χ0) is 11.4. The summed E-state index contributed by atoms with van der Waals surface area (Å²) in [5.41, 5.74) is 2.59. The van der Waals surface area contributed by atoms with Gasteiger partial charge in [-0.2, -0.15) is 0 Å². The van der Waals surface area contributed by atoms with E-state index in [-0.39, 0.29) is 0 Å². The summed E-state index contributed by atoms with van der Waals surface area (Å²) in [5, 5.41) is 3.49. The molecule has 1 saturated heterocycles. The fraction of sp³-hybridized carbons (Fsp3) is 0.615. The Morgan fingerprint density at radius 2 is 2.44 bits per heavy atom. The van der Waals surface area contributed by atoms with Crippen LogP contribution >= 0.6 is 0 Å². The van der Waals surface area contributed by atoms with E-state index < -0.39 is 0 Å². The van der Waals surface area contributed by atoms with Gasteiger partial charge in [0.15, 0.2) is 0 Å². The summed E-state index contributed by atoms with van der Waals surface area (Å²) in [6.07, 6.45) is 5.37. The third-order valence-corrected chi connectivity index (χ3v) is 3.40. The van der Waals surface area contributed by atoms with Gasteiger partial charge in [0.05, 0.1) is 6.10 Å². The molecule has 0 spiro atoms. The van der Waals surface area contributed by atoms with E-state index in [1.807, 2.05) is 12.4 Å². The second-order valence-corrected chi connectivity index (χ2v) is 4.56. The standard InChI is InChI=1S/C13H20N2O/c1-10-3-5-14-8-13(10)9-15-7-12-4-6-16-11(12)2/h3,5,8,11-12,15H,4,6-7,9H2,1-2H3. The molecule has 0 aromatic carbocycles. The molecule has 1 fully saturated rings. The molecule has 1 N–H and O–H groups in total. The Bertz CT molecular complexity index is 340. The predicted octanol–water partition coefficient (Wildman–Crippen LogP) is 1.90. The average Bonchev–Trinajstić information content (AvgIpc) is 2.67. The number of rotatable bonds is 4. The highest BCUT2D eigenvalue weighted by Gasteiger charge is 2.23. The van der Waals surface area contributed by atoms with Gasteiger partial charge in [-0.1, -0.05) is 0 Å². The van der Waals surface area contributed by atoms with Gasteiger partial charge >= 0.3 is 0 Å². The Balaban J connectivity index is 1.78. The van der Waals surface area contributed by atoms with Crippen LogP contribution in [0.15, 0.2) is 18.5 Å². The van der Waals surface area contributed by atoms with Gasteiger partial charge in [-0.3, -0.25) is 4.98 Å². The van der Waals surface area contributed by atoms with Gasteiger partial charge in [0.2, 0.25) is 0 Å². The molecule has 0 radical (unpaired) electrons. The van der Waals surface area contributed by atoms with Gasteiger partial charge in [-0.15, -0.1) is 0 Å². The molecule has 0 saturated carbocycles. The molecule has 0 bridgehead atoms. The minimum atomic E-state index is 0.405. The molecule has 2 unspecified atom stereocenters. The molecule has 1 aromatic rings. The third-order valence-electron chi connectivity index (χ3n) is 3.40. The predicted molar refractivity (Wildman–Crippen MR) is 64.2 cm³/mol. The fourth-order valence-corrected chi connectivity index (χ4v) is 2.12. The molecular formula is C13H20N2O. The number of aromatic nitrogens is 1. The lowest BCUT2D eigenvalue weighted by molar-refractivity contribution is 0.105. The van der Waals surface area contributed by atoms with Crippen LogP contribution in [-0.4, -0.2) is 24.2 Å². The normalized spacial score (nSPS) is 24.9. The van der Waals surface area contributed by atoms with Crippen LogP contribution in [0, 0.1) is 12.8 Å². The maximum absolute atomic E-state index is 5.54. The van der Waals surface area contributed by atoms with Crippen molar-refractivity contribution in [2.24, 2.45) is 5.92 Å². The summed E-state index contributed by atoms with van der Waals surface area (Å²) >= 11 is 0. The first-order valence-corrected chi connectivity index (χ1v) is 5.99. The van der Waals surface area contributed by atoms with Crippen LogP contribution in [-0.2, 0) is 11.3 Å². The first-order valence-electron chi connectivity index (χ1n) is 5.99. The molecule has 1 aromatic heterocycles. The van der Waals surface area contributed by atoms with Crippen LogP contribution in [0.5, 0.6) is 0 Å². The van der Waals surface area contributed by atoms with Gasteiger partial charge in [0.1, 0.15) is 0 Å². The smallest absolute Gasteiger partial charge is 0.0588 e. The highest BCUT2D eigenvalue weighted by Crippen LogP contribution is 2.19. The van der Waals surface area contributed by atoms with Crippen molar-refractivity contribution < 1.29 is 4.74 Å². The van der Waals surface area contributed by atoms with Crippen molar-refractivity contribution in [3.8, 4) is 0 Å². The molecule has 2 atom stereocenters. The van der Waals surface area contributed by atoms with E-state index >= 15 is 0 Å². The van der Waals surface area contributed by atoms with E-state index in [0.29, 0.717) is 12.0 Å². The van der Waals surface area contributed by atoms with Crippen molar-refractivity contribution in [3.63, 3.8) is 0 Å². The van der Waals surface area contributed by atoms with Gasteiger partial charge in [0, 0.05) is 32.1 Å². The fourth-order valence-electron chi connectivity index (χ4n) is 2.12. The Morgan fingerprint density at radius 1 is 1.56 bits per heavy atom. The largest absolute Gasteiger partial charge is 0.378 e. The quantitative estimate of drug-likeness (QED) is 0.841. The summed E-state index contributed by atoms with van der Waals surface area (Å²) in [7, 11) is 0. The third kappa shape index (κ3) is 2.80. The Hall–Kier alpha value is -0.930. The lowest BCUT2D eigenvalue weighted by atomic mass is 10.0. The highest BCUT2D eigenvalue weighted by atomic mass is 16.5. The molecular weight excluding hydrogens is 200 g/mol. The molecule has 0 aliphatic carbocycles. The lowest BCUT2D eigenvalue weighted by Crippen LogP contribution is -2.26. The molecule has 1 aliphatic rings. The number of pyridine rings is 1. The number of nitrogens with one attached hydrogen (secondary N) is 1. The second kappa shape index (κ2) is 5.41. The van der Waals surface area contributed by atoms with E-state index in [1.54, 1.807) is 0 Å². The first-order chi connectivity index (χ1) is 7.77. The Labute approximate surface area is 97.2 Å². The van der Waals surface area contributed by atoms with Crippen LogP contribution in [0.2, 0.25) is 0 Å². The monoisotopic (exact) mass is 220 g/mol. The maximum Gasteiger partial charge on any atom is 0.0588 e. The summed E-state index contributed by atoms with van der Waals surface area (Å²) in [6.45, 7) is 7.15. The van der Waals surface area contributed by atoms with Gasteiger partial charge in [0.25, 0.3) is 0 Å². The summed E-state index contributed by atoms with van der Waals surface area (Å²) in [5.74, 6) is 0.664. The van der Waals surface area contributed by atoms with Gasteiger partial charge in [-0.05, 0) is 43.4 Å². The van der Waals surface area contributed by atoms with Crippen LogP contribution in [0.3, 0.4) is 0 Å². The number of nitrogens with zero attached hydrogens (tertiary/aromatic N) is 1. The van der Waals surface area contributed by atoms with Gasteiger partial charge < -0.3 is 10.1 Å². The minimum absolute atomic E-state index is 0.405. The summed E-state index contributed by atoms with van der Waals surface area (Å²) < 4.78 is 5.54. The Kier molecular flexibility index (Phi) is 3.91. The van der Waals surface area contributed by atoms with E-state index in [1.165, 1.54) is 17.5 Å². The van der Waals surface area contributed by atoms with Crippen molar-refractivity contribution >= 4 is 0 Å². The SMILES string of the molecule is Cc1ccncc1CNCC1CCOC1C. The Morgan fingerprint density at radius 3 is 3.12 bits per heavy atom. The van der Waals surface area contributed by atoms with E-state index in [4.69, 9.17) is 4.74 Å². The highest BCUT2D eigenvalue weighted by molar-refractivity contribution is 5.20. The first kappa shape index (κ1) is 11.6. The van der Waals surface area contributed by atoms with E-state index in [0.717, 1.165) is 19.7 Å². The number of ether oxygens (including phenoxy) is 1. The summed E-state index contributed by atoms with van der Waals surface area (Å²) in [6, 6.07) is 2.05. The molecule has 16 heavy (non-hydrogen) atoms. The summed E-state index contributed by atoms with van der Waals surface area (Å²) in [4.78, 5) is 4.15. The van der Waals surface area contributed by atoms with Gasteiger partial charge in [-0.25, -0.2) is 0 Å². The van der Waals surface area contributed by atoms with Crippen molar-refractivity contribution in [2.75, 3.05) is 13.2 Å². The van der Waals surface area contributed by atoms with Crippen molar-refractivity contribution in [1.82, 2.24) is 10.3 Å². The molecule has 3 nitrogen and oxygen atoms in total. The molecule has 2 rings (SSSR count). The molecule has 1 aliphatic heterocycles. The lowest BCUT2D eigenvalue weighted by Gasteiger charge is -2.15. The molecule has 3 heteroatoms. The average molecular weight is 220 g/mol. The molecule has 88 valence electrons. The topological polar surface area (TPSA) is 34.2 Å². The van der Waals surface area contributed by atoms with E-state index in [9.17, 15) is 0 Å². The number of hydrogen-bond donors (Lipinski definition) is 1. The van der Waals surface area contributed by atoms with Crippen LogP contribution in [0.25, 0.3) is 0 Å². The van der Waals surface area contributed by atoms with Crippen LogP contribution in [0.1, 0.15) is 24.5 Å².